The standard InChI is InChI=1S/C30H39ClF2N4O4S/c1-2-34-19-27(21-41-30(38)36-14-10-26(11-15-36)35-12-4-3-5-13-35)37(42(39,40)28-8-6-23(31)7-9-28)29(20-34)22-16-24(32)18-25(33)17-22/h6-9,16-18,26-27,29H,2-5,10-15,19-21H2,1H3/t27-,29+/m1/s1. The minimum atomic E-state index is -4.18. The smallest absolute Gasteiger partial charge is 0.409 e. The molecule has 2 aromatic rings. The Morgan fingerprint density at radius 1 is 0.952 bits per heavy atom. The number of sulfonamides is 1. The Morgan fingerprint density at radius 2 is 1.60 bits per heavy atom. The minimum absolute atomic E-state index is 0.00478. The van der Waals surface area contributed by atoms with Crippen molar-refractivity contribution in [3.63, 3.8) is 0 Å². The van der Waals surface area contributed by atoms with Gasteiger partial charge in [0.25, 0.3) is 0 Å². The maximum atomic E-state index is 14.3. The van der Waals surface area contributed by atoms with Crippen LogP contribution >= 0.6 is 11.6 Å². The van der Waals surface area contributed by atoms with Gasteiger partial charge < -0.3 is 14.5 Å². The van der Waals surface area contributed by atoms with Crippen LogP contribution in [-0.2, 0) is 14.8 Å². The zero-order chi connectivity index (χ0) is 29.9. The van der Waals surface area contributed by atoms with Gasteiger partial charge in [-0.25, -0.2) is 22.0 Å². The number of carbonyl (C=O) groups excluding carboxylic acids is 1. The summed E-state index contributed by atoms with van der Waals surface area (Å²) in [6, 6.07) is 7.63. The third-order valence-electron chi connectivity index (χ3n) is 8.70. The molecule has 0 aromatic heterocycles. The van der Waals surface area contributed by atoms with Crippen molar-refractivity contribution < 1.29 is 26.7 Å². The molecule has 1 amide bonds. The fraction of sp³-hybridized carbons (Fsp3) is 0.567. The molecule has 0 saturated carbocycles. The summed E-state index contributed by atoms with van der Waals surface area (Å²) >= 11 is 6.02. The number of hydrogen-bond donors (Lipinski definition) is 0. The van der Waals surface area contributed by atoms with E-state index in [1.54, 1.807) is 4.90 Å². The average Bonchev–Trinajstić information content (AvgIpc) is 2.99. The number of carbonyl (C=O) groups is 1. The van der Waals surface area contributed by atoms with Crippen molar-refractivity contribution >= 4 is 27.7 Å². The average molecular weight is 625 g/mol. The molecular formula is C30H39ClF2N4O4S. The van der Waals surface area contributed by atoms with Crippen molar-refractivity contribution in [2.24, 2.45) is 0 Å². The highest BCUT2D eigenvalue weighted by molar-refractivity contribution is 7.89. The summed E-state index contributed by atoms with van der Waals surface area (Å²) in [5, 5.41) is 0.378. The van der Waals surface area contributed by atoms with Crippen molar-refractivity contribution in [1.29, 1.82) is 0 Å². The summed E-state index contributed by atoms with van der Waals surface area (Å²) in [5.41, 5.74) is 0.194. The quantitative estimate of drug-likeness (QED) is 0.425. The SMILES string of the molecule is CCN1C[C@H](COC(=O)N2CCC(N3CCCCC3)CC2)N(S(=O)(=O)c2ccc(Cl)cc2)[C@H](c2cc(F)cc(F)c2)C1. The first-order valence-corrected chi connectivity index (χ1v) is 16.6. The third kappa shape index (κ3) is 7.07. The zero-order valence-electron chi connectivity index (χ0n) is 23.9. The molecule has 230 valence electrons. The monoisotopic (exact) mass is 624 g/mol. The molecule has 8 nitrogen and oxygen atoms in total. The Morgan fingerprint density at radius 3 is 2.21 bits per heavy atom. The molecule has 0 bridgehead atoms. The van der Waals surface area contributed by atoms with Gasteiger partial charge in [0.15, 0.2) is 0 Å². The van der Waals surface area contributed by atoms with E-state index in [0.717, 1.165) is 44.1 Å². The number of hydrogen-bond acceptors (Lipinski definition) is 6. The lowest BCUT2D eigenvalue weighted by Crippen LogP contribution is -2.58. The summed E-state index contributed by atoms with van der Waals surface area (Å²) in [4.78, 5) is 19.4. The van der Waals surface area contributed by atoms with E-state index in [9.17, 15) is 22.0 Å². The van der Waals surface area contributed by atoms with Crippen LogP contribution in [0.1, 0.15) is 50.6 Å². The van der Waals surface area contributed by atoms with Crippen LogP contribution in [0.5, 0.6) is 0 Å². The van der Waals surface area contributed by atoms with E-state index in [4.69, 9.17) is 16.3 Å². The van der Waals surface area contributed by atoms with Crippen molar-refractivity contribution in [3.05, 3.63) is 64.7 Å². The van der Waals surface area contributed by atoms with Crippen LogP contribution in [-0.4, -0.2) is 98.0 Å². The van der Waals surface area contributed by atoms with E-state index >= 15 is 0 Å². The van der Waals surface area contributed by atoms with Crippen LogP contribution in [0, 0.1) is 11.6 Å². The first-order chi connectivity index (χ1) is 20.2. The Balaban J connectivity index is 1.36. The summed E-state index contributed by atoms with van der Waals surface area (Å²) in [6.45, 7) is 6.23. The molecule has 0 aliphatic carbocycles. The maximum Gasteiger partial charge on any atom is 0.409 e. The van der Waals surface area contributed by atoms with Crippen LogP contribution in [0.15, 0.2) is 47.4 Å². The molecule has 0 spiro atoms. The van der Waals surface area contributed by atoms with Crippen LogP contribution in [0.4, 0.5) is 13.6 Å². The second-order valence-electron chi connectivity index (χ2n) is 11.4. The molecule has 0 radical (unpaired) electrons. The van der Waals surface area contributed by atoms with E-state index in [1.165, 1.54) is 47.8 Å². The second kappa shape index (κ2) is 13.5. The Bertz CT molecular complexity index is 1320. The number of halogens is 3. The van der Waals surface area contributed by atoms with Gasteiger partial charge in [-0.1, -0.05) is 24.9 Å². The molecule has 2 atom stereocenters. The highest BCUT2D eigenvalue weighted by Crippen LogP contribution is 2.36. The molecule has 3 fully saturated rings. The maximum absolute atomic E-state index is 14.3. The number of benzene rings is 2. The summed E-state index contributed by atoms with van der Waals surface area (Å²) in [6.07, 6.45) is 5.00. The fourth-order valence-corrected chi connectivity index (χ4v) is 8.38. The number of ether oxygens (including phenoxy) is 1. The number of piperazine rings is 1. The topological polar surface area (TPSA) is 73.4 Å². The predicted octanol–water partition coefficient (Wildman–Crippen LogP) is 5.14. The number of rotatable bonds is 7. The van der Waals surface area contributed by atoms with Crippen LogP contribution in [0.2, 0.25) is 5.02 Å². The Kier molecular flexibility index (Phi) is 10.0. The summed E-state index contributed by atoms with van der Waals surface area (Å²) in [7, 11) is -4.18. The first kappa shape index (κ1) is 31.1. The summed E-state index contributed by atoms with van der Waals surface area (Å²) < 4.78 is 63.9. The van der Waals surface area contributed by atoms with Gasteiger partial charge in [0.05, 0.1) is 17.0 Å². The van der Waals surface area contributed by atoms with Gasteiger partial charge >= 0.3 is 6.09 Å². The van der Waals surface area contributed by atoms with Crippen LogP contribution in [0.25, 0.3) is 0 Å². The van der Waals surface area contributed by atoms with Gasteiger partial charge in [-0.3, -0.25) is 4.90 Å². The van der Waals surface area contributed by atoms with Gasteiger partial charge in [-0.05, 0) is 87.3 Å². The van der Waals surface area contributed by atoms with E-state index in [2.05, 4.69) is 4.90 Å². The van der Waals surface area contributed by atoms with E-state index in [0.29, 0.717) is 37.2 Å². The molecule has 3 heterocycles. The third-order valence-corrected chi connectivity index (χ3v) is 10.9. The lowest BCUT2D eigenvalue weighted by Gasteiger charge is -2.45. The van der Waals surface area contributed by atoms with Crippen molar-refractivity contribution in [1.82, 2.24) is 19.0 Å². The number of likely N-dealkylation sites (tertiary alicyclic amines) is 2. The Labute approximate surface area is 252 Å². The molecular weight excluding hydrogens is 586 g/mol. The molecule has 3 aliphatic rings. The van der Waals surface area contributed by atoms with Gasteiger partial charge in [0.1, 0.15) is 18.2 Å². The van der Waals surface area contributed by atoms with E-state index < -0.39 is 39.8 Å². The number of nitrogens with zero attached hydrogens (tertiary/aromatic N) is 4. The molecule has 0 unspecified atom stereocenters. The van der Waals surface area contributed by atoms with Crippen molar-refractivity contribution in [2.45, 2.75) is 62.0 Å². The van der Waals surface area contributed by atoms with Crippen LogP contribution < -0.4 is 0 Å². The Hall–Kier alpha value is -2.31. The van der Waals surface area contributed by atoms with Gasteiger partial charge in [-0.2, -0.15) is 4.31 Å². The number of amides is 1. The van der Waals surface area contributed by atoms with Crippen molar-refractivity contribution in [2.75, 3.05) is 52.4 Å². The van der Waals surface area contributed by atoms with Gasteiger partial charge in [0, 0.05) is 43.3 Å². The zero-order valence-corrected chi connectivity index (χ0v) is 25.5. The van der Waals surface area contributed by atoms with Gasteiger partial charge in [0.2, 0.25) is 10.0 Å². The highest BCUT2D eigenvalue weighted by atomic mass is 35.5. The summed E-state index contributed by atoms with van der Waals surface area (Å²) in [5.74, 6) is -1.59. The number of likely N-dealkylation sites (N-methyl/N-ethyl adjacent to an activating group) is 1. The molecule has 0 N–H and O–H groups in total. The largest absolute Gasteiger partial charge is 0.448 e. The predicted molar refractivity (Wildman–Crippen MR) is 157 cm³/mol. The molecule has 3 aliphatic heterocycles. The van der Waals surface area contributed by atoms with E-state index in [-0.39, 0.29) is 23.6 Å². The van der Waals surface area contributed by atoms with Crippen LogP contribution in [0.3, 0.4) is 0 Å². The first-order valence-electron chi connectivity index (χ1n) is 14.8. The van der Waals surface area contributed by atoms with Gasteiger partial charge in [-0.15, -0.1) is 0 Å². The van der Waals surface area contributed by atoms with E-state index in [1.807, 2.05) is 11.8 Å². The molecule has 5 rings (SSSR count). The lowest BCUT2D eigenvalue weighted by molar-refractivity contribution is 0.0251. The molecule has 42 heavy (non-hydrogen) atoms. The fourth-order valence-electron chi connectivity index (χ4n) is 6.48. The highest BCUT2D eigenvalue weighted by Gasteiger charge is 2.44. The second-order valence-corrected chi connectivity index (χ2v) is 13.7. The minimum Gasteiger partial charge on any atom is -0.448 e. The normalized spacial score (nSPS) is 23.7. The molecule has 2 aromatic carbocycles. The van der Waals surface area contributed by atoms with Crippen molar-refractivity contribution in [3.8, 4) is 0 Å². The molecule has 12 heteroatoms. The number of piperidine rings is 2. The lowest BCUT2D eigenvalue weighted by atomic mass is 10.0. The molecule has 3 saturated heterocycles.